The Bertz CT molecular complexity index is 454. The number of rotatable bonds is 5. The molecule has 21 heavy (non-hydrogen) atoms. The molecule has 0 saturated heterocycles. The summed E-state index contributed by atoms with van der Waals surface area (Å²) >= 11 is 0. The Morgan fingerprint density at radius 2 is 1.86 bits per heavy atom. The van der Waals surface area contributed by atoms with Crippen LogP contribution in [0.3, 0.4) is 0 Å². The average molecular weight is 290 g/mol. The number of carbonyl (C=O) groups excluding carboxylic acids is 1. The first-order valence-electron chi connectivity index (χ1n) is 7.98. The zero-order chi connectivity index (χ0) is 15.1. The summed E-state index contributed by atoms with van der Waals surface area (Å²) in [5.41, 5.74) is 7.27. The van der Waals surface area contributed by atoms with Gasteiger partial charge >= 0.3 is 0 Å². The molecule has 3 N–H and O–H groups in total. The molecule has 0 heterocycles. The third-order valence-electron chi connectivity index (χ3n) is 4.29. The lowest BCUT2D eigenvalue weighted by Gasteiger charge is -2.25. The quantitative estimate of drug-likeness (QED) is 0.647. The van der Waals surface area contributed by atoms with Crippen molar-refractivity contribution in [3.63, 3.8) is 0 Å². The third-order valence-corrected chi connectivity index (χ3v) is 4.29. The topological polar surface area (TPSA) is 66.6 Å². The third kappa shape index (κ3) is 4.46. The van der Waals surface area contributed by atoms with Gasteiger partial charge in [-0.15, -0.1) is 0 Å². The molecule has 1 aliphatic carbocycles. The standard InChI is InChI=1S/C17H26N2O2/c18-15-9-5-6-10-16(15)19(11-12-20)17(21)13-14-7-3-1-2-4-8-14/h5-6,9-10,14,20H,1-4,7-8,11-13,18H2. The van der Waals surface area contributed by atoms with E-state index in [1.807, 2.05) is 18.2 Å². The second-order valence-corrected chi connectivity index (χ2v) is 5.89. The highest BCUT2D eigenvalue weighted by atomic mass is 16.3. The van der Waals surface area contributed by atoms with Gasteiger partial charge in [0.2, 0.25) is 5.91 Å². The molecule has 4 heteroatoms. The summed E-state index contributed by atoms with van der Waals surface area (Å²) in [7, 11) is 0. The Balaban J connectivity index is 2.06. The number of nitrogen functional groups attached to an aromatic ring is 1. The van der Waals surface area contributed by atoms with Gasteiger partial charge in [0.05, 0.1) is 18.0 Å². The van der Waals surface area contributed by atoms with Gasteiger partial charge in [0.1, 0.15) is 0 Å². The van der Waals surface area contributed by atoms with Crippen molar-refractivity contribution in [1.82, 2.24) is 0 Å². The largest absolute Gasteiger partial charge is 0.397 e. The minimum atomic E-state index is -0.0509. The van der Waals surface area contributed by atoms with Crippen LogP contribution in [-0.4, -0.2) is 24.2 Å². The van der Waals surface area contributed by atoms with E-state index in [1.54, 1.807) is 11.0 Å². The minimum absolute atomic E-state index is 0.0509. The van der Waals surface area contributed by atoms with Gasteiger partial charge in [-0.1, -0.05) is 37.8 Å². The summed E-state index contributed by atoms with van der Waals surface area (Å²) < 4.78 is 0. The van der Waals surface area contributed by atoms with Crippen molar-refractivity contribution in [2.24, 2.45) is 5.92 Å². The maximum absolute atomic E-state index is 12.6. The van der Waals surface area contributed by atoms with Crippen molar-refractivity contribution in [3.8, 4) is 0 Å². The number of benzene rings is 1. The zero-order valence-electron chi connectivity index (χ0n) is 12.6. The van der Waals surface area contributed by atoms with Crippen molar-refractivity contribution in [3.05, 3.63) is 24.3 Å². The molecule has 0 radical (unpaired) electrons. The van der Waals surface area contributed by atoms with Gasteiger partial charge in [0.15, 0.2) is 0 Å². The first-order chi connectivity index (χ1) is 10.2. The molecule has 1 aliphatic rings. The minimum Gasteiger partial charge on any atom is -0.397 e. The Hall–Kier alpha value is -1.55. The Kier molecular flexibility index (Phi) is 6.05. The average Bonchev–Trinajstić information content (AvgIpc) is 2.74. The van der Waals surface area contributed by atoms with Crippen molar-refractivity contribution < 1.29 is 9.90 Å². The number of anilines is 2. The maximum atomic E-state index is 12.6. The van der Waals surface area contributed by atoms with E-state index < -0.39 is 0 Å². The van der Waals surface area contributed by atoms with Crippen LogP contribution in [0.25, 0.3) is 0 Å². The first-order valence-corrected chi connectivity index (χ1v) is 7.98. The lowest BCUT2D eigenvalue weighted by Crippen LogP contribution is -2.35. The van der Waals surface area contributed by atoms with Crippen molar-refractivity contribution in [2.75, 3.05) is 23.8 Å². The van der Waals surface area contributed by atoms with Gasteiger partial charge in [0.25, 0.3) is 0 Å². The molecule has 1 saturated carbocycles. The molecule has 1 fully saturated rings. The van der Waals surface area contributed by atoms with Gasteiger partial charge < -0.3 is 15.7 Å². The maximum Gasteiger partial charge on any atom is 0.227 e. The number of hydrogen-bond acceptors (Lipinski definition) is 3. The molecular formula is C17H26N2O2. The Morgan fingerprint density at radius 3 is 2.48 bits per heavy atom. The molecule has 0 unspecified atom stereocenters. The number of aliphatic hydroxyl groups excluding tert-OH is 1. The molecule has 1 aromatic rings. The van der Waals surface area contributed by atoms with Gasteiger partial charge in [-0.25, -0.2) is 0 Å². The van der Waals surface area contributed by atoms with Crippen LogP contribution in [0, 0.1) is 5.92 Å². The number of nitrogens with zero attached hydrogens (tertiary/aromatic N) is 1. The van der Waals surface area contributed by atoms with Crippen LogP contribution in [0.4, 0.5) is 11.4 Å². The summed E-state index contributed by atoms with van der Waals surface area (Å²) in [5.74, 6) is 0.556. The number of amides is 1. The molecule has 0 aromatic heterocycles. The van der Waals surface area contributed by atoms with Crippen LogP contribution in [-0.2, 0) is 4.79 Å². The SMILES string of the molecule is Nc1ccccc1N(CCO)C(=O)CC1CCCCCC1. The summed E-state index contributed by atoms with van der Waals surface area (Å²) in [6.07, 6.45) is 7.88. The second-order valence-electron chi connectivity index (χ2n) is 5.89. The smallest absolute Gasteiger partial charge is 0.227 e. The predicted molar refractivity (Wildman–Crippen MR) is 86.1 cm³/mol. The van der Waals surface area contributed by atoms with Crippen LogP contribution in [0.5, 0.6) is 0 Å². The normalized spacial score (nSPS) is 16.4. The highest BCUT2D eigenvalue weighted by Gasteiger charge is 2.22. The Morgan fingerprint density at radius 1 is 1.19 bits per heavy atom. The molecule has 2 rings (SSSR count). The summed E-state index contributed by atoms with van der Waals surface area (Å²) in [5, 5.41) is 9.25. The second kappa shape index (κ2) is 8.03. The number of hydrogen-bond donors (Lipinski definition) is 2. The summed E-state index contributed by atoms with van der Waals surface area (Å²) in [6.45, 7) is 0.254. The van der Waals surface area contributed by atoms with E-state index in [1.165, 1.54) is 25.7 Å². The van der Waals surface area contributed by atoms with Gasteiger partial charge in [0, 0.05) is 13.0 Å². The van der Waals surface area contributed by atoms with Crippen LogP contribution in [0.2, 0.25) is 0 Å². The van der Waals surface area contributed by atoms with Crippen LogP contribution < -0.4 is 10.6 Å². The van der Waals surface area contributed by atoms with E-state index in [2.05, 4.69) is 0 Å². The molecule has 116 valence electrons. The van der Waals surface area contributed by atoms with E-state index in [0.717, 1.165) is 12.8 Å². The molecule has 1 aromatic carbocycles. The lowest BCUT2D eigenvalue weighted by molar-refractivity contribution is -0.119. The molecule has 0 aliphatic heterocycles. The lowest BCUT2D eigenvalue weighted by atomic mass is 9.96. The molecule has 0 atom stereocenters. The predicted octanol–water partition coefficient (Wildman–Crippen LogP) is 2.95. The number of carbonyl (C=O) groups is 1. The van der Waals surface area contributed by atoms with E-state index in [9.17, 15) is 9.90 Å². The highest BCUT2D eigenvalue weighted by Crippen LogP contribution is 2.28. The van der Waals surface area contributed by atoms with Crippen molar-refractivity contribution in [2.45, 2.75) is 44.9 Å². The number of para-hydroxylation sites is 2. The fourth-order valence-corrected chi connectivity index (χ4v) is 3.14. The molecule has 4 nitrogen and oxygen atoms in total. The molecular weight excluding hydrogens is 264 g/mol. The van der Waals surface area contributed by atoms with Crippen molar-refractivity contribution >= 4 is 17.3 Å². The van der Waals surface area contributed by atoms with Crippen molar-refractivity contribution in [1.29, 1.82) is 0 Å². The van der Waals surface area contributed by atoms with Gasteiger partial charge in [-0.05, 0) is 30.9 Å². The fraction of sp³-hybridized carbons (Fsp3) is 0.588. The Labute approximate surface area is 126 Å². The fourth-order valence-electron chi connectivity index (χ4n) is 3.14. The van der Waals surface area contributed by atoms with Gasteiger partial charge in [-0.3, -0.25) is 4.79 Å². The van der Waals surface area contributed by atoms with Gasteiger partial charge in [-0.2, -0.15) is 0 Å². The molecule has 0 spiro atoms. The highest BCUT2D eigenvalue weighted by molar-refractivity contribution is 5.96. The van der Waals surface area contributed by atoms with E-state index in [0.29, 0.717) is 30.3 Å². The van der Waals surface area contributed by atoms with Crippen LogP contribution >= 0.6 is 0 Å². The van der Waals surface area contributed by atoms with Crippen LogP contribution in [0.1, 0.15) is 44.9 Å². The zero-order valence-corrected chi connectivity index (χ0v) is 12.6. The molecule has 1 amide bonds. The molecule has 0 bridgehead atoms. The number of aliphatic hydroxyl groups is 1. The van der Waals surface area contributed by atoms with E-state index in [-0.39, 0.29) is 12.5 Å². The number of nitrogens with two attached hydrogens (primary N) is 1. The first kappa shape index (κ1) is 15.8. The van der Waals surface area contributed by atoms with E-state index >= 15 is 0 Å². The van der Waals surface area contributed by atoms with Crippen LogP contribution in [0.15, 0.2) is 24.3 Å². The summed E-state index contributed by atoms with van der Waals surface area (Å²) in [6, 6.07) is 7.36. The van der Waals surface area contributed by atoms with E-state index in [4.69, 9.17) is 5.73 Å². The monoisotopic (exact) mass is 290 g/mol. The summed E-state index contributed by atoms with van der Waals surface area (Å²) in [4.78, 5) is 14.3.